The summed E-state index contributed by atoms with van der Waals surface area (Å²) < 4.78 is 0.796. The van der Waals surface area contributed by atoms with E-state index in [9.17, 15) is 5.11 Å². The first-order valence-electron chi connectivity index (χ1n) is 5.02. The van der Waals surface area contributed by atoms with Gasteiger partial charge in [-0.25, -0.2) is 9.97 Å². The van der Waals surface area contributed by atoms with Crippen molar-refractivity contribution in [3.8, 4) is 0 Å². The zero-order valence-corrected chi connectivity index (χ0v) is 10.2. The summed E-state index contributed by atoms with van der Waals surface area (Å²) >= 11 is 3.32. The van der Waals surface area contributed by atoms with Crippen LogP contribution in [0.15, 0.2) is 17.0 Å². The van der Waals surface area contributed by atoms with Crippen molar-refractivity contribution in [2.24, 2.45) is 0 Å². The fourth-order valence-corrected chi connectivity index (χ4v) is 2.01. The third kappa shape index (κ3) is 2.66. The topological polar surface area (TPSA) is 49.2 Å². The van der Waals surface area contributed by atoms with Crippen molar-refractivity contribution in [1.82, 2.24) is 9.97 Å². The molecular formula is C10H14BrN3O. The number of rotatable bonds is 1. The Kier molecular flexibility index (Phi) is 2.93. The van der Waals surface area contributed by atoms with E-state index in [1.165, 1.54) is 0 Å². The van der Waals surface area contributed by atoms with E-state index < -0.39 is 5.60 Å². The van der Waals surface area contributed by atoms with Crippen LogP contribution in [-0.2, 0) is 0 Å². The minimum Gasteiger partial charge on any atom is -0.390 e. The molecule has 1 N–H and O–H groups in total. The molecule has 5 heteroatoms. The van der Waals surface area contributed by atoms with E-state index in [1.807, 2.05) is 13.0 Å². The molecule has 2 heterocycles. The standard InChI is InChI=1S/C10H14BrN3O/c1-10(15)2-4-14(5-3-10)9-6-8(11)12-7-13-9/h6-7,15H,2-5H2,1H3. The van der Waals surface area contributed by atoms with Crippen molar-refractivity contribution in [3.05, 3.63) is 17.0 Å². The van der Waals surface area contributed by atoms with Gasteiger partial charge in [0.25, 0.3) is 0 Å². The van der Waals surface area contributed by atoms with Crippen LogP contribution in [0, 0.1) is 0 Å². The quantitative estimate of drug-likeness (QED) is 0.789. The number of nitrogens with zero attached hydrogens (tertiary/aromatic N) is 3. The minimum absolute atomic E-state index is 0.513. The third-order valence-electron chi connectivity index (χ3n) is 2.78. The van der Waals surface area contributed by atoms with Crippen LogP contribution in [0.3, 0.4) is 0 Å². The summed E-state index contributed by atoms with van der Waals surface area (Å²) in [4.78, 5) is 10.4. The van der Waals surface area contributed by atoms with Crippen molar-refractivity contribution in [3.63, 3.8) is 0 Å². The first-order valence-corrected chi connectivity index (χ1v) is 5.81. The van der Waals surface area contributed by atoms with Crippen molar-refractivity contribution in [2.75, 3.05) is 18.0 Å². The van der Waals surface area contributed by atoms with Gasteiger partial charge in [-0.05, 0) is 35.7 Å². The molecule has 1 saturated heterocycles. The molecule has 0 atom stereocenters. The molecular weight excluding hydrogens is 258 g/mol. The van der Waals surface area contributed by atoms with Crippen molar-refractivity contribution >= 4 is 21.7 Å². The molecule has 82 valence electrons. The lowest BCUT2D eigenvalue weighted by molar-refractivity contribution is 0.0350. The van der Waals surface area contributed by atoms with E-state index >= 15 is 0 Å². The highest BCUT2D eigenvalue weighted by Gasteiger charge is 2.27. The summed E-state index contributed by atoms with van der Waals surface area (Å²) in [6.45, 7) is 3.58. The van der Waals surface area contributed by atoms with Crippen LogP contribution < -0.4 is 4.90 Å². The Labute approximate surface area is 97.5 Å². The van der Waals surface area contributed by atoms with Gasteiger partial charge in [-0.15, -0.1) is 0 Å². The smallest absolute Gasteiger partial charge is 0.133 e. The fourth-order valence-electron chi connectivity index (χ4n) is 1.71. The highest BCUT2D eigenvalue weighted by atomic mass is 79.9. The Morgan fingerprint density at radius 2 is 2.07 bits per heavy atom. The molecule has 4 nitrogen and oxygen atoms in total. The van der Waals surface area contributed by atoms with Gasteiger partial charge >= 0.3 is 0 Å². The Bertz CT molecular complexity index is 346. The summed E-state index contributed by atoms with van der Waals surface area (Å²) in [5, 5.41) is 9.83. The van der Waals surface area contributed by atoms with E-state index in [0.717, 1.165) is 36.4 Å². The summed E-state index contributed by atoms with van der Waals surface area (Å²) in [7, 11) is 0. The Balaban J connectivity index is 2.08. The summed E-state index contributed by atoms with van der Waals surface area (Å²) in [6, 6.07) is 1.90. The van der Waals surface area contributed by atoms with E-state index in [2.05, 4.69) is 30.8 Å². The average Bonchev–Trinajstić information content (AvgIpc) is 2.17. The molecule has 1 aliphatic rings. The number of aromatic nitrogens is 2. The molecule has 0 spiro atoms. The number of aliphatic hydroxyl groups is 1. The Morgan fingerprint density at radius 1 is 1.40 bits per heavy atom. The zero-order valence-electron chi connectivity index (χ0n) is 8.65. The SMILES string of the molecule is CC1(O)CCN(c2cc(Br)ncn2)CC1. The van der Waals surface area contributed by atoms with Crippen LogP contribution in [-0.4, -0.2) is 33.8 Å². The number of piperidine rings is 1. The van der Waals surface area contributed by atoms with Gasteiger partial charge in [0.2, 0.25) is 0 Å². The Morgan fingerprint density at radius 3 is 2.67 bits per heavy atom. The van der Waals surface area contributed by atoms with Crippen LogP contribution in [0.2, 0.25) is 0 Å². The first-order chi connectivity index (χ1) is 7.07. The zero-order chi connectivity index (χ0) is 10.9. The van der Waals surface area contributed by atoms with E-state index in [-0.39, 0.29) is 0 Å². The maximum absolute atomic E-state index is 9.83. The molecule has 0 saturated carbocycles. The van der Waals surface area contributed by atoms with Crippen molar-refractivity contribution < 1.29 is 5.11 Å². The second kappa shape index (κ2) is 4.06. The highest BCUT2D eigenvalue weighted by Crippen LogP contribution is 2.25. The van der Waals surface area contributed by atoms with Crippen LogP contribution in [0.25, 0.3) is 0 Å². The van der Waals surface area contributed by atoms with E-state index in [4.69, 9.17) is 0 Å². The molecule has 0 amide bonds. The van der Waals surface area contributed by atoms with Crippen LogP contribution in [0.4, 0.5) is 5.82 Å². The summed E-state index contributed by atoms with van der Waals surface area (Å²) in [6.07, 6.45) is 3.12. The predicted molar refractivity (Wildman–Crippen MR) is 61.8 cm³/mol. The maximum atomic E-state index is 9.83. The molecule has 0 aromatic carbocycles. The van der Waals surface area contributed by atoms with Gasteiger partial charge in [-0.2, -0.15) is 0 Å². The van der Waals surface area contributed by atoms with Gasteiger partial charge in [-0.3, -0.25) is 0 Å². The number of hydrogen-bond acceptors (Lipinski definition) is 4. The Hall–Kier alpha value is -0.680. The van der Waals surface area contributed by atoms with E-state index in [0.29, 0.717) is 0 Å². The maximum Gasteiger partial charge on any atom is 0.133 e. The van der Waals surface area contributed by atoms with Gasteiger partial charge < -0.3 is 10.0 Å². The molecule has 0 unspecified atom stereocenters. The molecule has 0 radical (unpaired) electrons. The number of hydrogen-bond donors (Lipinski definition) is 1. The van der Waals surface area contributed by atoms with Crippen LogP contribution in [0.5, 0.6) is 0 Å². The van der Waals surface area contributed by atoms with Gasteiger partial charge in [0.05, 0.1) is 5.60 Å². The lowest BCUT2D eigenvalue weighted by Crippen LogP contribution is -2.42. The lowest BCUT2D eigenvalue weighted by Gasteiger charge is -2.36. The molecule has 1 aromatic rings. The fraction of sp³-hybridized carbons (Fsp3) is 0.600. The van der Waals surface area contributed by atoms with Crippen molar-refractivity contribution in [2.45, 2.75) is 25.4 Å². The van der Waals surface area contributed by atoms with Gasteiger partial charge in [-0.1, -0.05) is 0 Å². The molecule has 1 aliphatic heterocycles. The number of anilines is 1. The minimum atomic E-state index is -0.513. The normalized spacial score (nSPS) is 20.3. The first kappa shape index (κ1) is 10.8. The molecule has 1 aromatic heterocycles. The van der Waals surface area contributed by atoms with Gasteiger partial charge in [0.15, 0.2) is 0 Å². The van der Waals surface area contributed by atoms with E-state index in [1.54, 1.807) is 6.33 Å². The molecule has 0 bridgehead atoms. The predicted octanol–water partition coefficient (Wildman–Crippen LogP) is 1.59. The average molecular weight is 272 g/mol. The molecule has 2 rings (SSSR count). The van der Waals surface area contributed by atoms with Crippen LogP contribution in [0.1, 0.15) is 19.8 Å². The molecule has 0 aliphatic carbocycles. The second-order valence-electron chi connectivity index (χ2n) is 4.18. The third-order valence-corrected chi connectivity index (χ3v) is 3.22. The monoisotopic (exact) mass is 271 g/mol. The highest BCUT2D eigenvalue weighted by molar-refractivity contribution is 9.10. The van der Waals surface area contributed by atoms with Gasteiger partial charge in [0.1, 0.15) is 16.7 Å². The lowest BCUT2D eigenvalue weighted by atomic mass is 9.94. The van der Waals surface area contributed by atoms with Crippen molar-refractivity contribution in [1.29, 1.82) is 0 Å². The van der Waals surface area contributed by atoms with Crippen LogP contribution >= 0.6 is 15.9 Å². The summed E-state index contributed by atoms with van der Waals surface area (Å²) in [5.41, 5.74) is -0.513. The molecule has 1 fully saturated rings. The number of halogens is 1. The van der Waals surface area contributed by atoms with Gasteiger partial charge in [0, 0.05) is 19.2 Å². The second-order valence-corrected chi connectivity index (χ2v) is 5.00. The summed E-state index contributed by atoms with van der Waals surface area (Å²) in [5.74, 6) is 0.923. The molecule has 15 heavy (non-hydrogen) atoms. The largest absolute Gasteiger partial charge is 0.390 e.